The quantitative estimate of drug-likeness (QED) is 0.0506. The van der Waals surface area contributed by atoms with Gasteiger partial charge in [0.15, 0.2) is 0 Å². The van der Waals surface area contributed by atoms with E-state index in [1.807, 2.05) is 0 Å². The fourth-order valence-corrected chi connectivity index (χ4v) is 7.06. The highest BCUT2D eigenvalue weighted by atomic mass is 16.5. The molecule has 2 unspecified atom stereocenters. The summed E-state index contributed by atoms with van der Waals surface area (Å²) >= 11 is 0. The van der Waals surface area contributed by atoms with Gasteiger partial charge < -0.3 is 19.5 Å². The third kappa shape index (κ3) is 30.5. The molecule has 0 aromatic rings. The predicted octanol–water partition coefficient (Wildman–Crippen LogP) is 12.6. The molecule has 1 fully saturated rings. The molecule has 1 N–H and O–H groups in total. The fourth-order valence-electron chi connectivity index (χ4n) is 7.06. The Morgan fingerprint density at radius 2 is 0.960 bits per heavy atom. The van der Waals surface area contributed by atoms with Crippen molar-refractivity contribution in [2.24, 2.45) is 5.92 Å². The zero-order valence-corrected chi connectivity index (χ0v) is 33.7. The molecular weight excluding hydrogens is 622 g/mol. The molecule has 1 rings (SSSR count). The lowest BCUT2D eigenvalue weighted by Gasteiger charge is -2.29. The van der Waals surface area contributed by atoms with Gasteiger partial charge in [0.1, 0.15) is 6.10 Å². The molecule has 1 aliphatic heterocycles. The van der Waals surface area contributed by atoms with Gasteiger partial charge >= 0.3 is 11.9 Å². The van der Waals surface area contributed by atoms with Crippen molar-refractivity contribution in [1.82, 2.24) is 5.32 Å². The van der Waals surface area contributed by atoms with Gasteiger partial charge in [0, 0.05) is 31.3 Å². The molecule has 1 aliphatic rings. The smallest absolute Gasteiger partial charge is 0.306 e. The molecule has 0 spiro atoms. The van der Waals surface area contributed by atoms with E-state index in [4.69, 9.17) is 14.2 Å². The van der Waals surface area contributed by atoms with E-state index in [1.54, 1.807) is 0 Å². The minimum absolute atomic E-state index is 0.0181. The number of unbranched alkanes of at least 4 members (excludes halogenated alkanes) is 21. The van der Waals surface area contributed by atoms with Gasteiger partial charge in [0.25, 0.3) is 0 Å². The molecule has 0 aliphatic carbocycles. The van der Waals surface area contributed by atoms with Gasteiger partial charge in [-0.05, 0) is 57.8 Å². The van der Waals surface area contributed by atoms with E-state index in [1.165, 1.54) is 122 Å². The van der Waals surface area contributed by atoms with E-state index in [0.29, 0.717) is 31.4 Å². The van der Waals surface area contributed by atoms with E-state index in [2.05, 4.69) is 26.1 Å². The maximum Gasteiger partial charge on any atom is 0.306 e. The standard InChI is InChI=1S/C44H85NO5/c1-4-7-10-13-16-19-26-33-42(32-25-18-15-12-9-6-3)50-44(47)35-28-22-24-31-41(45-37-40-38-48-39-40)30-23-21-27-34-43(46)49-36-29-20-17-14-11-8-5-2/h40-42,45H,4-39H2,1-3H3. The number of ether oxygens (including phenoxy) is 3. The summed E-state index contributed by atoms with van der Waals surface area (Å²) in [6.07, 6.45) is 37.3. The summed E-state index contributed by atoms with van der Waals surface area (Å²) in [7, 11) is 0. The van der Waals surface area contributed by atoms with Crippen molar-refractivity contribution in [3.63, 3.8) is 0 Å². The zero-order valence-electron chi connectivity index (χ0n) is 33.7. The average molecular weight is 708 g/mol. The molecule has 1 saturated heterocycles. The maximum absolute atomic E-state index is 12.9. The molecule has 0 aromatic heterocycles. The van der Waals surface area contributed by atoms with E-state index in [0.717, 1.165) is 90.4 Å². The first-order chi connectivity index (χ1) is 24.6. The van der Waals surface area contributed by atoms with Gasteiger partial charge in [-0.2, -0.15) is 0 Å². The molecule has 6 heteroatoms. The van der Waals surface area contributed by atoms with Crippen LogP contribution < -0.4 is 5.32 Å². The SMILES string of the molecule is CCCCCCCCCOC(=O)CCCCCC(CCCCCC(=O)OC(CCCCCCCC)CCCCCCCCC)NCC1COC1. The summed E-state index contributed by atoms with van der Waals surface area (Å²) < 4.78 is 16.9. The Morgan fingerprint density at radius 3 is 1.44 bits per heavy atom. The van der Waals surface area contributed by atoms with E-state index in [-0.39, 0.29) is 18.0 Å². The van der Waals surface area contributed by atoms with Crippen LogP contribution in [0.1, 0.15) is 226 Å². The third-order valence-electron chi connectivity index (χ3n) is 10.6. The van der Waals surface area contributed by atoms with Crippen LogP contribution in [0.2, 0.25) is 0 Å². The maximum atomic E-state index is 12.9. The number of hydrogen-bond donors (Lipinski definition) is 1. The summed E-state index contributed by atoms with van der Waals surface area (Å²) in [4.78, 5) is 25.0. The number of carbonyl (C=O) groups is 2. The Morgan fingerprint density at radius 1 is 0.540 bits per heavy atom. The Labute approximate surface area is 311 Å². The van der Waals surface area contributed by atoms with Crippen LogP contribution in [0.4, 0.5) is 0 Å². The predicted molar refractivity (Wildman–Crippen MR) is 212 cm³/mol. The second kappa shape index (κ2) is 36.2. The summed E-state index contributed by atoms with van der Waals surface area (Å²) in [6.45, 7) is 10.1. The Kier molecular flexibility index (Phi) is 34.0. The molecule has 0 aromatic carbocycles. The number of esters is 2. The van der Waals surface area contributed by atoms with Crippen LogP contribution in [0.5, 0.6) is 0 Å². The van der Waals surface area contributed by atoms with E-state index >= 15 is 0 Å². The van der Waals surface area contributed by atoms with Crippen molar-refractivity contribution in [3.05, 3.63) is 0 Å². The summed E-state index contributed by atoms with van der Waals surface area (Å²) in [5.41, 5.74) is 0. The van der Waals surface area contributed by atoms with Crippen molar-refractivity contribution in [3.8, 4) is 0 Å². The van der Waals surface area contributed by atoms with Crippen molar-refractivity contribution < 1.29 is 23.8 Å². The van der Waals surface area contributed by atoms with Crippen LogP contribution in [0, 0.1) is 5.92 Å². The Hall–Kier alpha value is -1.14. The Balaban J connectivity index is 2.26. The summed E-state index contributed by atoms with van der Waals surface area (Å²) in [5, 5.41) is 3.81. The second-order valence-electron chi connectivity index (χ2n) is 15.6. The molecule has 0 bridgehead atoms. The molecule has 0 amide bonds. The highest BCUT2D eigenvalue weighted by Gasteiger charge is 2.20. The van der Waals surface area contributed by atoms with E-state index < -0.39 is 0 Å². The minimum Gasteiger partial charge on any atom is -0.466 e. The lowest BCUT2D eigenvalue weighted by atomic mass is 9.99. The van der Waals surface area contributed by atoms with Crippen LogP contribution in [0.25, 0.3) is 0 Å². The van der Waals surface area contributed by atoms with Crippen LogP contribution in [-0.4, -0.2) is 50.4 Å². The van der Waals surface area contributed by atoms with Crippen LogP contribution >= 0.6 is 0 Å². The first-order valence-electron chi connectivity index (χ1n) is 22.2. The van der Waals surface area contributed by atoms with Crippen molar-refractivity contribution in [2.75, 3.05) is 26.4 Å². The molecule has 0 saturated carbocycles. The van der Waals surface area contributed by atoms with Gasteiger partial charge in [-0.3, -0.25) is 9.59 Å². The van der Waals surface area contributed by atoms with Gasteiger partial charge in [0.05, 0.1) is 19.8 Å². The molecule has 0 radical (unpaired) electrons. The lowest BCUT2D eigenvalue weighted by Crippen LogP contribution is -2.41. The van der Waals surface area contributed by atoms with Gasteiger partial charge in [0.2, 0.25) is 0 Å². The second-order valence-corrected chi connectivity index (χ2v) is 15.6. The van der Waals surface area contributed by atoms with Crippen LogP contribution in [0.3, 0.4) is 0 Å². The van der Waals surface area contributed by atoms with Crippen molar-refractivity contribution >= 4 is 11.9 Å². The highest BCUT2D eigenvalue weighted by Crippen LogP contribution is 2.19. The zero-order chi connectivity index (χ0) is 36.2. The molecule has 6 nitrogen and oxygen atoms in total. The third-order valence-corrected chi connectivity index (χ3v) is 10.6. The monoisotopic (exact) mass is 708 g/mol. The number of rotatable bonds is 39. The number of carbonyl (C=O) groups excluding carboxylic acids is 2. The van der Waals surface area contributed by atoms with Crippen molar-refractivity contribution in [2.45, 2.75) is 238 Å². The first kappa shape index (κ1) is 46.9. The average Bonchev–Trinajstić information content (AvgIpc) is 3.09. The van der Waals surface area contributed by atoms with Gasteiger partial charge in [-0.15, -0.1) is 0 Å². The lowest BCUT2D eigenvalue weighted by molar-refractivity contribution is -0.150. The molecule has 296 valence electrons. The van der Waals surface area contributed by atoms with Crippen LogP contribution in [-0.2, 0) is 23.8 Å². The molecular formula is C44H85NO5. The van der Waals surface area contributed by atoms with Gasteiger partial charge in [-0.25, -0.2) is 0 Å². The fraction of sp³-hybridized carbons (Fsp3) is 0.955. The van der Waals surface area contributed by atoms with Crippen LogP contribution in [0.15, 0.2) is 0 Å². The number of hydrogen-bond acceptors (Lipinski definition) is 6. The highest BCUT2D eigenvalue weighted by molar-refractivity contribution is 5.69. The summed E-state index contributed by atoms with van der Waals surface area (Å²) in [5.74, 6) is 0.633. The normalized spacial score (nSPS) is 14.4. The summed E-state index contributed by atoms with van der Waals surface area (Å²) in [6, 6.07) is 0.496. The number of nitrogens with one attached hydrogen (secondary N) is 1. The van der Waals surface area contributed by atoms with E-state index in [9.17, 15) is 9.59 Å². The Bertz CT molecular complexity index is 742. The minimum atomic E-state index is -0.0271. The first-order valence-corrected chi connectivity index (χ1v) is 22.2. The van der Waals surface area contributed by atoms with Crippen molar-refractivity contribution in [1.29, 1.82) is 0 Å². The van der Waals surface area contributed by atoms with Gasteiger partial charge in [-0.1, -0.05) is 156 Å². The molecule has 50 heavy (non-hydrogen) atoms. The largest absolute Gasteiger partial charge is 0.466 e. The topological polar surface area (TPSA) is 73.9 Å². The molecule has 1 heterocycles. The molecule has 2 atom stereocenters.